The topological polar surface area (TPSA) is 20.3 Å². The van der Waals surface area contributed by atoms with Crippen molar-refractivity contribution < 1.29 is 4.79 Å². The largest absolute Gasteiger partial charge is 0.329 e. The summed E-state index contributed by atoms with van der Waals surface area (Å²) in [5, 5.41) is 0. The fraction of sp³-hybridized carbons (Fsp3) is 0.409. The lowest BCUT2D eigenvalue weighted by molar-refractivity contribution is 0.0530. The lowest BCUT2D eigenvalue weighted by Crippen LogP contribution is -2.43. The molecular weight excluding hydrogens is 294 g/mol. The summed E-state index contributed by atoms with van der Waals surface area (Å²) in [5.74, 6) is 0.177. The number of amides is 1. The highest BCUT2D eigenvalue weighted by Crippen LogP contribution is 2.32. The molecule has 0 spiro atoms. The van der Waals surface area contributed by atoms with Gasteiger partial charge in [-0.15, -0.1) is 0 Å². The van der Waals surface area contributed by atoms with E-state index in [1.54, 1.807) is 0 Å². The number of carbonyl (C=O) groups is 1. The highest BCUT2D eigenvalue weighted by molar-refractivity contribution is 5.96. The van der Waals surface area contributed by atoms with Crippen molar-refractivity contribution >= 4 is 5.91 Å². The molecule has 1 atom stereocenters. The average Bonchev–Trinajstić information content (AvgIpc) is 2.64. The molecule has 2 nitrogen and oxygen atoms in total. The quantitative estimate of drug-likeness (QED) is 0.725. The molecule has 2 heteroatoms. The van der Waals surface area contributed by atoms with Crippen molar-refractivity contribution in [3.8, 4) is 0 Å². The number of benzene rings is 2. The van der Waals surface area contributed by atoms with Crippen LogP contribution in [0.5, 0.6) is 0 Å². The van der Waals surface area contributed by atoms with E-state index >= 15 is 0 Å². The van der Waals surface area contributed by atoms with Gasteiger partial charge in [-0.3, -0.25) is 4.79 Å². The Morgan fingerprint density at radius 1 is 0.958 bits per heavy atom. The van der Waals surface area contributed by atoms with Gasteiger partial charge in [-0.2, -0.15) is 0 Å². The first-order valence-electron chi connectivity index (χ1n) is 9.11. The molecule has 0 unspecified atom stereocenters. The Labute approximate surface area is 145 Å². The van der Waals surface area contributed by atoms with Gasteiger partial charge in [-0.25, -0.2) is 0 Å². The monoisotopic (exact) mass is 321 g/mol. The molecule has 2 aromatic carbocycles. The molecule has 0 saturated heterocycles. The summed E-state index contributed by atoms with van der Waals surface area (Å²) < 4.78 is 0. The Morgan fingerprint density at radius 3 is 2.25 bits per heavy atom. The minimum atomic E-state index is 0.0985. The Balaban J connectivity index is 1.95. The molecule has 1 amide bonds. The minimum Gasteiger partial charge on any atom is -0.329 e. The third-order valence-electron chi connectivity index (χ3n) is 5.28. The molecule has 1 aliphatic carbocycles. The summed E-state index contributed by atoms with van der Waals surface area (Å²) in [7, 11) is 0. The second-order valence-corrected chi connectivity index (χ2v) is 6.91. The summed E-state index contributed by atoms with van der Waals surface area (Å²) in [6, 6.07) is 18.8. The second kappa shape index (κ2) is 7.65. The van der Waals surface area contributed by atoms with E-state index in [1.807, 2.05) is 37.3 Å². The van der Waals surface area contributed by atoms with Crippen molar-refractivity contribution in [2.45, 2.75) is 58.0 Å². The van der Waals surface area contributed by atoms with Crippen LogP contribution in [0.25, 0.3) is 0 Å². The Morgan fingerprint density at radius 2 is 1.58 bits per heavy atom. The molecule has 0 aromatic heterocycles. The first kappa shape index (κ1) is 16.8. The lowest BCUT2D eigenvalue weighted by Gasteiger charge is -2.39. The fourth-order valence-corrected chi connectivity index (χ4v) is 3.86. The maximum absolute atomic E-state index is 13.4. The van der Waals surface area contributed by atoms with Gasteiger partial charge in [-0.05, 0) is 43.9 Å². The Hall–Kier alpha value is -2.09. The van der Waals surface area contributed by atoms with Crippen LogP contribution in [-0.4, -0.2) is 16.8 Å². The molecule has 24 heavy (non-hydrogen) atoms. The van der Waals surface area contributed by atoms with E-state index in [1.165, 1.54) is 24.8 Å². The van der Waals surface area contributed by atoms with Gasteiger partial charge in [0.2, 0.25) is 0 Å². The molecule has 0 radical (unpaired) electrons. The number of nitrogens with zero attached hydrogens (tertiary/aromatic N) is 1. The van der Waals surface area contributed by atoms with Crippen molar-refractivity contribution in [3.05, 3.63) is 71.3 Å². The van der Waals surface area contributed by atoms with Crippen molar-refractivity contribution in [1.29, 1.82) is 0 Å². The summed E-state index contributed by atoms with van der Waals surface area (Å²) in [4.78, 5) is 15.6. The van der Waals surface area contributed by atoms with E-state index in [2.05, 4.69) is 36.1 Å². The van der Waals surface area contributed by atoms with E-state index in [0.29, 0.717) is 6.04 Å². The standard InChI is InChI=1S/C22H27NO/c1-17-11-9-10-16-21(17)22(24)23(20-14-7-4-8-15-20)18(2)19-12-5-3-6-13-19/h3,5-6,9-13,16,18,20H,4,7-8,14-15H2,1-2H3/t18-/m0/s1. The molecule has 1 fully saturated rings. The number of carbonyl (C=O) groups excluding carboxylic acids is 1. The Bertz CT molecular complexity index is 673. The highest BCUT2D eigenvalue weighted by atomic mass is 16.2. The third-order valence-corrected chi connectivity index (χ3v) is 5.28. The molecule has 0 N–H and O–H groups in total. The predicted molar refractivity (Wildman–Crippen MR) is 99.1 cm³/mol. The summed E-state index contributed by atoms with van der Waals surface area (Å²) in [5.41, 5.74) is 3.11. The first-order chi connectivity index (χ1) is 11.7. The second-order valence-electron chi connectivity index (χ2n) is 6.91. The van der Waals surface area contributed by atoms with E-state index < -0.39 is 0 Å². The van der Waals surface area contributed by atoms with Gasteiger partial charge in [0.15, 0.2) is 0 Å². The van der Waals surface area contributed by atoms with Crippen LogP contribution in [0.3, 0.4) is 0 Å². The molecule has 3 rings (SSSR count). The van der Waals surface area contributed by atoms with Gasteiger partial charge in [0.25, 0.3) is 5.91 Å². The average molecular weight is 321 g/mol. The van der Waals surface area contributed by atoms with E-state index in [9.17, 15) is 4.79 Å². The van der Waals surface area contributed by atoms with Crippen molar-refractivity contribution in [2.24, 2.45) is 0 Å². The van der Waals surface area contributed by atoms with Crippen molar-refractivity contribution in [1.82, 2.24) is 4.90 Å². The molecule has 0 aliphatic heterocycles. The van der Waals surface area contributed by atoms with Crippen LogP contribution in [-0.2, 0) is 0 Å². The Kier molecular flexibility index (Phi) is 5.34. The molecule has 0 bridgehead atoms. The molecule has 1 saturated carbocycles. The van der Waals surface area contributed by atoms with Crippen molar-refractivity contribution in [2.75, 3.05) is 0 Å². The molecule has 0 heterocycles. The fourth-order valence-electron chi connectivity index (χ4n) is 3.86. The minimum absolute atomic E-state index is 0.0985. The normalized spacial score (nSPS) is 16.6. The van der Waals surface area contributed by atoms with Crippen LogP contribution in [0, 0.1) is 6.92 Å². The zero-order valence-corrected chi connectivity index (χ0v) is 14.7. The first-order valence-corrected chi connectivity index (χ1v) is 9.11. The van der Waals surface area contributed by atoms with Crippen molar-refractivity contribution in [3.63, 3.8) is 0 Å². The van der Waals surface area contributed by atoms with Crippen LogP contribution in [0.1, 0.15) is 66.6 Å². The smallest absolute Gasteiger partial charge is 0.254 e. The number of rotatable bonds is 4. The van der Waals surface area contributed by atoms with E-state index in [-0.39, 0.29) is 11.9 Å². The highest BCUT2D eigenvalue weighted by Gasteiger charge is 2.31. The van der Waals surface area contributed by atoms with Gasteiger partial charge in [-0.1, -0.05) is 67.8 Å². The van der Waals surface area contributed by atoms with Crippen LogP contribution < -0.4 is 0 Å². The van der Waals surface area contributed by atoms with Gasteiger partial charge >= 0.3 is 0 Å². The summed E-state index contributed by atoms with van der Waals surface area (Å²) >= 11 is 0. The molecule has 126 valence electrons. The molecular formula is C22H27NO. The molecule has 2 aromatic rings. The van der Waals surface area contributed by atoms with Gasteiger partial charge < -0.3 is 4.90 Å². The van der Waals surface area contributed by atoms with E-state index in [4.69, 9.17) is 0 Å². The number of hydrogen-bond donors (Lipinski definition) is 0. The van der Waals surface area contributed by atoms with Crippen LogP contribution in [0.15, 0.2) is 54.6 Å². The van der Waals surface area contributed by atoms with Gasteiger partial charge in [0.1, 0.15) is 0 Å². The zero-order chi connectivity index (χ0) is 16.9. The van der Waals surface area contributed by atoms with Crippen LogP contribution in [0.2, 0.25) is 0 Å². The van der Waals surface area contributed by atoms with Crippen LogP contribution in [0.4, 0.5) is 0 Å². The lowest BCUT2D eigenvalue weighted by atomic mass is 9.91. The van der Waals surface area contributed by atoms with Gasteiger partial charge in [0.05, 0.1) is 6.04 Å². The number of hydrogen-bond acceptors (Lipinski definition) is 1. The van der Waals surface area contributed by atoms with E-state index in [0.717, 1.165) is 24.0 Å². The maximum atomic E-state index is 13.4. The predicted octanol–water partition coefficient (Wildman–Crippen LogP) is 5.53. The zero-order valence-electron chi connectivity index (χ0n) is 14.7. The molecule has 1 aliphatic rings. The SMILES string of the molecule is Cc1ccccc1C(=O)N(C1CCCCC1)[C@@H](C)c1ccccc1. The maximum Gasteiger partial charge on any atom is 0.254 e. The van der Waals surface area contributed by atoms with Gasteiger partial charge in [0, 0.05) is 11.6 Å². The number of aryl methyl sites for hydroxylation is 1. The third kappa shape index (κ3) is 3.53. The summed E-state index contributed by atoms with van der Waals surface area (Å²) in [6.45, 7) is 4.19. The summed E-state index contributed by atoms with van der Waals surface area (Å²) in [6.07, 6.45) is 5.99. The van der Waals surface area contributed by atoms with Crippen LogP contribution >= 0.6 is 0 Å².